The fourth-order valence-electron chi connectivity index (χ4n) is 2.52. The van der Waals surface area contributed by atoms with Crippen LogP contribution in [0.2, 0.25) is 0 Å². The minimum absolute atomic E-state index is 0.130. The Balaban J connectivity index is 2.06. The van der Waals surface area contributed by atoms with Crippen molar-refractivity contribution in [1.29, 1.82) is 0 Å². The van der Waals surface area contributed by atoms with Crippen LogP contribution < -0.4 is 5.32 Å². The number of imide groups is 1. The molecule has 0 unspecified atom stereocenters. The third-order valence-electron chi connectivity index (χ3n) is 3.85. The van der Waals surface area contributed by atoms with Gasteiger partial charge in [0, 0.05) is 11.6 Å². The van der Waals surface area contributed by atoms with Gasteiger partial charge in [-0.05, 0) is 26.0 Å². The highest BCUT2D eigenvalue weighted by Crippen LogP contribution is 2.24. The van der Waals surface area contributed by atoms with Crippen molar-refractivity contribution < 1.29 is 14.4 Å². The zero-order valence-electron chi connectivity index (χ0n) is 11.8. The zero-order chi connectivity index (χ0) is 15.2. The molecule has 1 saturated heterocycles. The number of rotatable bonds is 1. The molecule has 6 nitrogen and oxygen atoms in total. The second kappa shape index (κ2) is 4.44. The number of aromatic nitrogens is 1. The van der Waals surface area contributed by atoms with Crippen molar-refractivity contribution in [2.24, 2.45) is 0 Å². The van der Waals surface area contributed by atoms with E-state index in [-0.39, 0.29) is 12.5 Å². The Kier molecular flexibility index (Phi) is 2.83. The van der Waals surface area contributed by atoms with Gasteiger partial charge >= 0.3 is 0 Å². The largest absolute Gasteiger partial charge is 0.361 e. The number of para-hydroxylation sites is 1. The van der Waals surface area contributed by atoms with Crippen LogP contribution in [0.25, 0.3) is 10.9 Å². The fourth-order valence-corrected chi connectivity index (χ4v) is 2.52. The lowest BCUT2D eigenvalue weighted by atomic mass is 9.97. The van der Waals surface area contributed by atoms with E-state index in [4.69, 9.17) is 0 Å². The molecule has 1 aliphatic heterocycles. The standard InChI is InChI=1S/C15H15N3O3/c1-15(2)14(21)17-11(19)8-18(15)13(20)10-5-3-4-9-6-7-16-12(9)10/h3-7,16H,8H2,1-2H3,(H,17,19,21). The van der Waals surface area contributed by atoms with Gasteiger partial charge in [0.1, 0.15) is 12.1 Å². The molecule has 2 N–H and O–H groups in total. The lowest BCUT2D eigenvalue weighted by Gasteiger charge is -2.40. The number of piperazine rings is 1. The molecule has 1 aromatic carbocycles. The molecule has 2 heterocycles. The minimum atomic E-state index is -1.07. The van der Waals surface area contributed by atoms with Gasteiger partial charge in [0.15, 0.2) is 0 Å². The molecular weight excluding hydrogens is 270 g/mol. The van der Waals surface area contributed by atoms with E-state index in [1.165, 1.54) is 4.90 Å². The molecule has 21 heavy (non-hydrogen) atoms. The van der Waals surface area contributed by atoms with E-state index in [0.717, 1.165) is 5.39 Å². The van der Waals surface area contributed by atoms with Crippen LogP contribution in [0.4, 0.5) is 0 Å². The normalized spacial score (nSPS) is 17.9. The molecule has 3 amide bonds. The number of aromatic amines is 1. The maximum absolute atomic E-state index is 12.8. The molecule has 0 radical (unpaired) electrons. The van der Waals surface area contributed by atoms with E-state index >= 15 is 0 Å². The van der Waals surface area contributed by atoms with E-state index in [1.807, 2.05) is 12.1 Å². The number of carbonyl (C=O) groups excluding carboxylic acids is 3. The smallest absolute Gasteiger partial charge is 0.257 e. The van der Waals surface area contributed by atoms with E-state index in [2.05, 4.69) is 10.3 Å². The Labute approximate surface area is 121 Å². The fraction of sp³-hybridized carbons (Fsp3) is 0.267. The van der Waals surface area contributed by atoms with E-state index in [0.29, 0.717) is 11.1 Å². The molecule has 1 aromatic heterocycles. The van der Waals surface area contributed by atoms with E-state index in [1.54, 1.807) is 32.2 Å². The quantitative estimate of drug-likeness (QED) is 0.768. The highest BCUT2D eigenvalue weighted by Gasteiger charge is 2.44. The number of fused-ring (bicyclic) bond motifs is 1. The third-order valence-corrected chi connectivity index (χ3v) is 3.85. The second-order valence-corrected chi connectivity index (χ2v) is 5.58. The number of amides is 3. The van der Waals surface area contributed by atoms with Crippen LogP contribution in [0.15, 0.2) is 30.5 Å². The average molecular weight is 285 g/mol. The SMILES string of the molecule is CC1(C)C(=O)NC(=O)CN1C(=O)c1cccc2cc[nH]c12. The van der Waals surface area contributed by atoms with Crippen molar-refractivity contribution in [2.45, 2.75) is 19.4 Å². The second-order valence-electron chi connectivity index (χ2n) is 5.58. The summed E-state index contributed by atoms with van der Waals surface area (Å²) in [4.78, 5) is 40.7. The van der Waals surface area contributed by atoms with Crippen LogP contribution in [0.1, 0.15) is 24.2 Å². The van der Waals surface area contributed by atoms with Crippen molar-refractivity contribution in [3.05, 3.63) is 36.0 Å². The van der Waals surface area contributed by atoms with Crippen LogP contribution in [0.5, 0.6) is 0 Å². The number of H-pyrrole nitrogens is 1. The van der Waals surface area contributed by atoms with Gasteiger partial charge in [-0.3, -0.25) is 19.7 Å². The van der Waals surface area contributed by atoms with Gasteiger partial charge < -0.3 is 9.88 Å². The highest BCUT2D eigenvalue weighted by atomic mass is 16.2. The van der Waals surface area contributed by atoms with Crippen molar-refractivity contribution >= 4 is 28.6 Å². The topological polar surface area (TPSA) is 82.3 Å². The van der Waals surface area contributed by atoms with Gasteiger partial charge in [-0.2, -0.15) is 0 Å². The summed E-state index contributed by atoms with van der Waals surface area (Å²) in [6.07, 6.45) is 1.75. The third kappa shape index (κ3) is 1.99. The molecule has 3 rings (SSSR count). The summed E-state index contributed by atoms with van der Waals surface area (Å²) in [7, 11) is 0. The molecule has 6 heteroatoms. The van der Waals surface area contributed by atoms with Crippen molar-refractivity contribution in [3.63, 3.8) is 0 Å². The van der Waals surface area contributed by atoms with Gasteiger partial charge in [0.2, 0.25) is 5.91 Å². The molecule has 0 spiro atoms. The van der Waals surface area contributed by atoms with Crippen LogP contribution in [-0.2, 0) is 9.59 Å². The first-order valence-corrected chi connectivity index (χ1v) is 6.63. The number of benzene rings is 1. The zero-order valence-corrected chi connectivity index (χ0v) is 11.8. The van der Waals surface area contributed by atoms with Crippen molar-refractivity contribution in [1.82, 2.24) is 15.2 Å². The molecular formula is C15H15N3O3. The predicted octanol–water partition coefficient (Wildman–Crippen LogP) is 1.05. The first-order chi connectivity index (χ1) is 9.91. The van der Waals surface area contributed by atoms with Gasteiger partial charge in [-0.1, -0.05) is 12.1 Å². The van der Waals surface area contributed by atoms with Crippen LogP contribution in [-0.4, -0.2) is 39.7 Å². The number of hydrogen-bond acceptors (Lipinski definition) is 3. The Hall–Kier alpha value is -2.63. The highest BCUT2D eigenvalue weighted by molar-refractivity contribution is 6.12. The molecule has 0 bridgehead atoms. The maximum Gasteiger partial charge on any atom is 0.257 e. The summed E-state index contributed by atoms with van der Waals surface area (Å²) < 4.78 is 0. The number of nitrogens with one attached hydrogen (secondary N) is 2. The first kappa shape index (κ1) is 13.4. The lowest BCUT2D eigenvalue weighted by Crippen LogP contribution is -2.65. The minimum Gasteiger partial charge on any atom is -0.361 e. The summed E-state index contributed by atoms with van der Waals surface area (Å²) in [6, 6.07) is 7.23. The molecule has 2 aromatic rings. The average Bonchev–Trinajstić information content (AvgIpc) is 2.90. The Bertz CT molecular complexity index is 760. The van der Waals surface area contributed by atoms with E-state index in [9.17, 15) is 14.4 Å². The number of nitrogens with zero attached hydrogens (tertiary/aromatic N) is 1. The lowest BCUT2D eigenvalue weighted by molar-refractivity contribution is -0.143. The van der Waals surface area contributed by atoms with Crippen molar-refractivity contribution in [2.75, 3.05) is 6.54 Å². The van der Waals surface area contributed by atoms with Gasteiger partial charge in [-0.25, -0.2) is 0 Å². The maximum atomic E-state index is 12.8. The summed E-state index contributed by atoms with van der Waals surface area (Å²) in [6.45, 7) is 3.12. The summed E-state index contributed by atoms with van der Waals surface area (Å²) in [5.74, 6) is -1.27. The molecule has 0 saturated carbocycles. The predicted molar refractivity (Wildman–Crippen MR) is 76.6 cm³/mol. The Morgan fingerprint density at radius 1 is 1.24 bits per heavy atom. The van der Waals surface area contributed by atoms with E-state index < -0.39 is 17.4 Å². The monoisotopic (exact) mass is 285 g/mol. The summed E-state index contributed by atoms with van der Waals surface area (Å²) in [5, 5.41) is 3.17. The van der Waals surface area contributed by atoms with Gasteiger partial charge in [-0.15, -0.1) is 0 Å². The number of carbonyl (C=O) groups is 3. The van der Waals surface area contributed by atoms with Gasteiger partial charge in [0.05, 0.1) is 11.1 Å². The van der Waals surface area contributed by atoms with Gasteiger partial charge in [0.25, 0.3) is 11.8 Å². The molecule has 0 aliphatic carbocycles. The van der Waals surface area contributed by atoms with Crippen LogP contribution in [0.3, 0.4) is 0 Å². The Morgan fingerprint density at radius 3 is 2.76 bits per heavy atom. The molecule has 1 aliphatic rings. The molecule has 0 atom stereocenters. The summed E-state index contributed by atoms with van der Waals surface area (Å²) >= 11 is 0. The van der Waals surface area contributed by atoms with Crippen molar-refractivity contribution in [3.8, 4) is 0 Å². The first-order valence-electron chi connectivity index (χ1n) is 6.63. The van der Waals surface area contributed by atoms with Crippen LogP contribution >= 0.6 is 0 Å². The Morgan fingerprint density at radius 2 is 2.00 bits per heavy atom. The molecule has 1 fully saturated rings. The van der Waals surface area contributed by atoms with Crippen LogP contribution in [0, 0.1) is 0 Å². The summed E-state index contributed by atoms with van der Waals surface area (Å²) in [5.41, 5.74) is 0.0875. The molecule has 108 valence electrons. The number of hydrogen-bond donors (Lipinski definition) is 2.